The second-order valence-corrected chi connectivity index (χ2v) is 3.49. The molecule has 4 heteroatoms. The maximum Gasteiger partial charge on any atom is 0.258 e. The van der Waals surface area contributed by atoms with Crippen molar-refractivity contribution in [3.8, 4) is 0 Å². The van der Waals surface area contributed by atoms with Gasteiger partial charge in [0.25, 0.3) is 11.8 Å². The number of carbonyl (C=O) groups is 2. The average molecular weight is 256 g/mol. The van der Waals surface area contributed by atoms with Gasteiger partial charge in [-0.1, -0.05) is 24.3 Å². The van der Waals surface area contributed by atoms with Crippen LogP contribution in [0.2, 0.25) is 0 Å². The molecule has 0 unspecified atom stereocenters. The van der Waals surface area contributed by atoms with E-state index < -0.39 is 0 Å². The third-order valence-electron chi connectivity index (χ3n) is 2.62. The van der Waals surface area contributed by atoms with Crippen molar-refractivity contribution in [2.45, 2.75) is 0 Å². The molecule has 3 nitrogen and oxygen atoms in total. The zero-order chi connectivity index (χ0) is 10.4. The SMILES string of the molecule is O=C1NC(=O)c2cccc3cccc1c23.[Ni]. The maximum absolute atomic E-state index is 11.6. The number of amides is 2. The Morgan fingerprint density at radius 1 is 0.812 bits per heavy atom. The Bertz CT molecular complexity index is 558. The summed E-state index contributed by atoms with van der Waals surface area (Å²) in [6.07, 6.45) is 0. The Morgan fingerprint density at radius 2 is 1.31 bits per heavy atom. The molecule has 2 amide bonds. The Kier molecular flexibility index (Phi) is 2.52. The number of imide groups is 1. The molecule has 1 aliphatic rings. The molecular formula is C12H7NNiO2. The summed E-state index contributed by atoms with van der Waals surface area (Å²) in [5.74, 6) is -0.631. The van der Waals surface area contributed by atoms with Crippen molar-refractivity contribution >= 4 is 22.6 Å². The van der Waals surface area contributed by atoms with Crippen LogP contribution in [0.4, 0.5) is 0 Å². The van der Waals surface area contributed by atoms with Crippen molar-refractivity contribution in [1.29, 1.82) is 0 Å². The summed E-state index contributed by atoms with van der Waals surface area (Å²) < 4.78 is 0. The van der Waals surface area contributed by atoms with Crippen molar-refractivity contribution in [2.24, 2.45) is 0 Å². The van der Waals surface area contributed by atoms with Gasteiger partial charge < -0.3 is 0 Å². The Labute approximate surface area is 102 Å². The first-order chi connectivity index (χ1) is 7.27. The molecule has 82 valence electrons. The Balaban J connectivity index is 0.000000963. The smallest absolute Gasteiger partial charge is 0.258 e. The molecule has 2 aromatic carbocycles. The second-order valence-electron chi connectivity index (χ2n) is 3.49. The zero-order valence-corrected chi connectivity index (χ0v) is 9.08. The summed E-state index contributed by atoms with van der Waals surface area (Å²) in [7, 11) is 0. The second kappa shape index (κ2) is 3.73. The van der Waals surface area contributed by atoms with E-state index in [1.165, 1.54) is 0 Å². The van der Waals surface area contributed by atoms with Gasteiger partial charge in [0, 0.05) is 33.0 Å². The molecule has 0 saturated heterocycles. The number of carbonyl (C=O) groups excluding carboxylic acids is 2. The fourth-order valence-electron chi connectivity index (χ4n) is 1.96. The summed E-state index contributed by atoms with van der Waals surface area (Å²) in [4.78, 5) is 23.1. The van der Waals surface area contributed by atoms with Crippen molar-refractivity contribution in [3.05, 3.63) is 47.5 Å². The Hall–Kier alpha value is -1.67. The van der Waals surface area contributed by atoms with Gasteiger partial charge in [-0.15, -0.1) is 0 Å². The zero-order valence-electron chi connectivity index (χ0n) is 8.10. The molecule has 0 fully saturated rings. The van der Waals surface area contributed by atoms with Gasteiger partial charge in [-0.2, -0.15) is 0 Å². The van der Waals surface area contributed by atoms with Crippen LogP contribution in [0.15, 0.2) is 36.4 Å². The van der Waals surface area contributed by atoms with Crippen LogP contribution in [0.5, 0.6) is 0 Å². The van der Waals surface area contributed by atoms with E-state index in [0.717, 1.165) is 10.8 Å². The van der Waals surface area contributed by atoms with E-state index >= 15 is 0 Å². The monoisotopic (exact) mass is 255 g/mol. The number of hydrogen-bond donors (Lipinski definition) is 1. The normalized spacial score (nSPS) is 13.2. The van der Waals surface area contributed by atoms with E-state index in [2.05, 4.69) is 5.32 Å². The summed E-state index contributed by atoms with van der Waals surface area (Å²) >= 11 is 0. The minimum absolute atomic E-state index is 0. The first-order valence-corrected chi connectivity index (χ1v) is 4.65. The molecule has 3 rings (SSSR count). The van der Waals surface area contributed by atoms with Crippen LogP contribution in [-0.2, 0) is 16.5 Å². The van der Waals surface area contributed by atoms with Gasteiger partial charge in [-0.25, -0.2) is 0 Å². The van der Waals surface area contributed by atoms with E-state index in [4.69, 9.17) is 0 Å². The van der Waals surface area contributed by atoms with Crippen LogP contribution < -0.4 is 5.32 Å². The number of benzene rings is 2. The minimum atomic E-state index is -0.315. The van der Waals surface area contributed by atoms with Gasteiger partial charge in [0.15, 0.2) is 0 Å². The molecule has 0 atom stereocenters. The molecule has 0 aliphatic carbocycles. The molecule has 0 radical (unpaired) electrons. The largest absolute Gasteiger partial charge is 0.288 e. The topological polar surface area (TPSA) is 46.2 Å². The predicted molar refractivity (Wildman–Crippen MR) is 55.7 cm³/mol. The molecule has 2 aromatic rings. The summed E-state index contributed by atoms with van der Waals surface area (Å²) in [5, 5.41) is 4.00. The summed E-state index contributed by atoms with van der Waals surface area (Å²) in [6, 6.07) is 10.9. The molecule has 0 spiro atoms. The van der Waals surface area contributed by atoms with Crippen LogP contribution in [0, 0.1) is 0 Å². The van der Waals surface area contributed by atoms with Crippen molar-refractivity contribution in [3.63, 3.8) is 0 Å². The van der Waals surface area contributed by atoms with E-state index in [0.29, 0.717) is 11.1 Å². The van der Waals surface area contributed by atoms with Gasteiger partial charge in [-0.3, -0.25) is 14.9 Å². The maximum atomic E-state index is 11.6. The molecule has 0 aromatic heterocycles. The van der Waals surface area contributed by atoms with Gasteiger partial charge >= 0.3 is 0 Å². The van der Waals surface area contributed by atoms with Crippen molar-refractivity contribution in [1.82, 2.24) is 5.32 Å². The van der Waals surface area contributed by atoms with Crippen LogP contribution in [0.25, 0.3) is 10.8 Å². The summed E-state index contributed by atoms with van der Waals surface area (Å²) in [5.41, 5.74) is 1.14. The van der Waals surface area contributed by atoms with Crippen LogP contribution >= 0.6 is 0 Å². The van der Waals surface area contributed by atoms with Gasteiger partial charge in [0.05, 0.1) is 0 Å². The van der Waals surface area contributed by atoms with E-state index in [1.807, 2.05) is 24.3 Å². The predicted octanol–water partition coefficient (Wildman–Crippen LogP) is 1.72. The molecule has 0 bridgehead atoms. The first-order valence-electron chi connectivity index (χ1n) is 4.65. The van der Waals surface area contributed by atoms with E-state index in [1.54, 1.807) is 12.1 Å². The number of hydrogen-bond acceptors (Lipinski definition) is 2. The third-order valence-corrected chi connectivity index (χ3v) is 2.62. The average Bonchev–Trinajstić information content (AvgIpc) is 2.25. The molecule has 1 aliphatic heterocycles. The van der Waals surface area contributed by atoms with E-state index in [-0.39, 0.29) is 28.3 Å². The van der Waals surface area contributed by atoms with Gasteiger partial charge in [0.1, 0.15) is 0 Å². The Morgan fingerprint density at radius 3 is 1.81 bits per heavy atom. The molecule has 16 heavy (non-hydrogen) atoms. The molecular weight excluding hydrogens is 249 g/mol. The van der Waals surface area contributed by atoms with Crippen LogP contribution in [-0.4, -0.2) is 11.8 Å². The minimum Gasteiger partial charge on any atom is -0.288 e. The summed E-state index contributed by atoms with van der Waals surface area (Å²) in [6.45, 7) is 0. The first kappa shape index (κ1) is 10.8. The van der Waals surface area contributed by atoms with E-state index in [9.17, 15) is 9.59 Å². The van der Waals surface area contributed by atoms with Crippen LogP contribution in [0.3, 0.4) is 0 Å². The number of nitrogens with one attached hydrogen (secondary N) is 1. The van der Waals surface area contributed by atoms with Crippen molar-refractivity contribution in [2.75, 3.05) is 0 Å². The molecule has 0 saturated carbocycles. The fourth-order valence-corrected chi connectivity index (χ4v) is 1.96. The van der Waals surface area contributed by atoms with Gasteiger partial charge in [0.2, 0.25) is 0 Å². The standard InChI is InChI=1S/C12H7NO2.Ni/c14-11-8-5-1-3-7-4-2-6-9(10(7)8)12(15)13-11;/h1-6H,(H,13,14,15);. The fraction of sp³-hybridized carbons (Fsp3) is 0. The van der Waals surface area contributed by atoms with Crippen molar-refractivity contribution < 1.29 is 26.1 Å². The third kappa shape index (κ3) is 1.34. The van der Waals surface area contributed by atoms with Crippen LogP contribution in [0.1, 0.15) is 20.7 Å². The van der Waals surface area contributed by atoms with Gasteiger partial charge in [-0.05, 0) is 17.5 Å². The molecule has 1 heterocycles. The number of rotatable bonds is 0. The molecule has 1 N–H and O–H groups in total. The quantitative estimate of drug-likeness (QED) is 0.576.